The van der Waals surface area contributed by atoms with Gasteiger partial charge in [-0.15, -0.1) is 0 Å². The Labute approximate surface area is 97.0 Å². The number of nitrogens with two attached hydrogens (primary N) is 1. The fraction of sp³-hybridized carbons (Fsp3) is 0.462. The predicted molar refractivity (Wildman–Crippen MR) is 67.8 cm³/mol. The first-order chi connectivity index (χ1) is 7.66. The lowest BCUT2D eigenvalue weighted by molar-refractivity contribution is 0.426. The summed E-state index contributed by atoms with van der Waals surface area (Å²) in [6, 6.07) is 8.70. The molecule has 3 nitrogen and oxygen atoms in total. The van der Waals surface area contributed by atoms with Crippen molar-refractivity contribution in [2.75, 3.05) is 19.6 Å². The molecule has 1 aliphatic heterocycles. The maximum atomic E-state index is 5.84. The molecule has 1 unspecified atom stereocenters. The van der Waals surface area contributed by atoms with E-state index in [9.17, 15) is 0 Å². The number of rotatable bonds is 3. The molecule has 2 rings (SSSR count). The van der Waals surface area contributed by atoms with Crippen molar-refractivity contribution in [3.63, 3.8) is 0 Å². The molecule has 0 fully saturated rings. The molecule has 3 heteroatoms. The minimum Gasteiger partial charge on any atom is -0.353 e. The Morgan fingerprint density at radius 3 is 2.69 bits per heavy atom. The summed E-state index contributed by atoms with van der Waals surface area (Å²) in [6.07, 6.45) is 0. The lowest BCUT2D eigenvalue weighted by atomic mass is 10.1. The first-order valence-electron chi connectivity index (χ1n) is 5.79. The maximum Gasteiger partial charge on any atom is 0.131 e. The second-order valence-corrected chi connectivity index (χ2v) is 4.49. The average Bonchev–Trinajstić information content (AvgIpc) is 2.66. The van der Waals surface area contributed by atoms with Crippen LogP contribution in [0.25, 0.3) is 0 Å². The first-order valence-corrected chi connectivity index (χ1v) is 5.79. The third-order valence-corrected chi connectivity index (χ3v) is 2.75. The molecule has 1 heterocycles. The first kappa shape index (κ1) is 11.1. The number of hydrogen-bond donors (Lipinski definition) is 1. The number of benzene rings is 1. The van der Waals surface area contributed by atoms with Crippen molar-refractivity contribution < 1.29 is 0 Å². The molecule has 0 bridgehead atoms. The van der Waals surface area contributed by atoms with Crippen molar-refractivity contribution in [3.8, 4) is 0 Å². The Bertz CT molecular complexity index is 379. The normalized spacial score (nSPS) is 17.4. The Morgan fingerprint density at radius 1 is 1.38 bits per heavy atom. The maximum absolute atomic E-state index is 5.84. The fourth-order valence-electron chi connectivity index (χ4n) is 1.98. The SMILES string of the molecule is Cc1ccc(C2=NCCN2CC(C)N)cc1. The minimum absolute atomic E-state index is 0.189. The van der Waals surface area contributed by atoms with Crippen molar-refractivity contribution in [2.45, 2.75) is 19.9 Å². The molecule has 2 N–H and O–H groups in total. The van der Waals surface area contributed by atoms with E-state index in [0.717, 1.165) is 25.5 Å². The summed E-state index contributed by atoms with van der Waals surface area (Å²) in [5.74, 6) is 1.09. The van der Waals surface area contributed by atoms with E-state index in [0.29, 0.717) is 0 Å². The molecule has 1 aliphatic rings. The van der Waals surface area contributed by atoms with Crippen LogP contribution in [0.1, 0.15) is 18.1 Å². The van der Waals surface area contributed by atoms with Crippen LogP contribution in [0.4, 0.5) is 0 Å². The van der Waals surface area contributed by atoms with Crippen LogP contribution < -0.4 is 5.73 Å². The van der Waals surface area contributed by atoms with Gasteiger partial charge in [-0.05, 0) is 13.8 Å². The molecule has 0 radical (unpaired) electrons. The molecule has 1 aromatic rings. The zero-order valence-corrected chi connectivity index (χ0v) is 9.98. The number of aliphatic imine (C=N–C) groups is 1. The van der Waals surface area contributed by atoms with Gasteiger partial charge >= 0.3 is 0 Å². The van der Waals surface area contributed by atoms with Crippen molar-refractivity contribution in [1.82, 2.24) is 4.90 Å². The van der Waals surface area contributed by atoms with E-state index in [4.69, 9.17) is 5.73 Å². The van der Waals surface area contributed by atoms with Crippen LogP contribution in [0, 0.1) is 6.92 Å². The lowest BCUT2D eigenvalue weighted by Gasteiger charge is -2.22. The third-order valence-electron chi connectivity index (χ3n) is 2.75. The van der Waals surface area contributed by atoms with Gasteiger partial charge in [-0.1, -0.05) is 29.8 Å². The second kappa shape index (κ2) is 4.66. The Balaban J connectivity index is 2.16. The largest absolute Gasteiger partial charge is 0.353 e. The molecule has 0 saturated carbocycles. The summed E-state index contributed by atoms with van der Waals surface area (Å²) in [5.41, 5.74) is 8.32. The number of nitrogens with zero attached hydrogens (tertiary/aromatic N) is 2. The van der Waals surface area contributed by atoms with Gasteiger partial charge in [-0.3, -0.25) is 4.99 Å². The highest BCUT2D eigenvalue weighted by Crippen LogP contribution is 2.12. The molecule has 86 valence electrons. The van der Waals surface area contributed by atoms with E-state index in [-0.39, 0.29) is 6.04 Å². The fourth-order valence-corrected chi connectivity index (χ4v) is 1.98. The smallest absolute Gasteiger partial charge is 0.131 e. The van der Waals surface area contributed by atoms with Crippen LogP contribution >= 0.6 is 0 Å². The zero-order chi connectivity index (χ0) is 11.5. The number of aryl methyl sites for hydroxylation is 1. The highest BCUT2D eigenvalue weighted by atomic mass is 15.2. The minimum atomic E-state index is 0.189. The second-order valence-electron chi connectivity index (χ2n) is 4.49. The van der Waals surface area contributed by atoms with Gasteiger partial charge in [0.2, 0.25) is 0 Å². The molecular weight excluding hydrogens is 198 g/mol. The van der Waals surface area contributed by atoms with Crippen molar-refractivity contribution >= 4 is 5.84 Å². The molecule has 0 aromatic heterocycles. The van der Waals surface area contributed by atoms with Gasteiger partial charge in [0.15, 0.2) is 0 Å². The summed E-state index contributed by atoms with van der Waals surface area (Å²) in [6.45, 7) is 6.89. The molecule has 1 atom stereocenters. The van der Waals surface area contributed by atoms with Gasteiger partial charge in [-0.25, -0.2) is 0 Å². The Morgan fingerprint density at radius 2 is 2.06 bits per heavy atom. The summed E-state index contributed by atoms with van der Waals surface area (Å²) in [7, 11) is 0. The van der Waals surface area contributed by atoms with E-state index < -0.39 is 0 Å². The summed E-state index contributed by atoms with van der Waals surface area (Å²) in [4.78, 5) is 6.83. The van der Waals surface area contributed by atoms with Crippen LogP contribution in [-0.4, -0.2) is 36.4 Å². The van der Waals surface area contributed by atoms with Crippen LogP contribution in [0.15, 0.2) is 29.3 Å². The summed E-state index contributed by atoms with van der Waals surface area (Å²) in [5, 5.41) is 0. The van der Waals surface area contributed by atoms with Crippen LogP contribution in [0.2, 0.25) is 0 Å². The molecule has 0 amide bonds. The van der Waals surface area contributed by atoms with Crippen molar-refractivity contribution in [1.29, 1.82) is 0 Å². The Kier molecular flexibility index (Phi) is 3.25. The number of hydrogen-bond acceptors (Lipinski definition) is 3. The van der Waals surface area contributed by atoms with Gasteiger partial charge in [0.1, 0.15) is 5.84 Å². The van der Waals surface area contributed by atoms with Gasteiger partial charge in [0.25, 0.3) is 0 Å². The molecule has 0 aliphatic carbocycles. The van der Waals surface area contributed by atoms with Gasteiger partial charge < -0.3 is 10.6 Å². The monoisotopic (exact) mass is 217 g/mol. The summed E-state index contributed by atoms with van der Waals surface area (Å²) >= 11 is 0. The van der Waals surface area contributed by atoms with E-state index in [1.807, 2.05) is 6.92 Å². The molecule has 16 heavy (non-hydrogen) atoms. The average molecular weight is 217 g/mol. The van der Waals surface area contributed by atoms with Gasteiger partial charge in [-0.2, -0.15) is 0 Å². The van der Waals surface area contributed by atoms with E-state index >= 15 is 0 Å². The van der Waals surface area contributed by atoms with Crippen LogP contribution in [-0.2, 0) is 0 Å². The van der Waals surface area contributed by atoms with Crippen molar-refractivity contribution in [2.24, 2.45) is 10.7 Å². The van der Waals surface area contributed by atoms with E-state index in [1.54, 1.807) is 0 Å². The highest BCUT2D eigenvalue weighted by Gasteiger charge is 2.18. The van der Waals surface area contributed by atoms with E-state index in [1.165, 1.54) is 11.1 Å². The van der Waals surface area contributed by atoms with Crippen molar-refractivity contribution in [3.05, 3.63) is 35.4 Å². The Hall–Kier alpha value is -1.35. The van der Waals surface area contributed by atoms with Crippen LogP contribution in [0.5, 0.6) is 0 Å². The van der Waals surface area contributed by atoms with Gasteiger partial charge in [0, 0.05) is 24.7 Å². The molecular formula is C13H19N3. The molecule has 1 aromatic carbocycles. The zero-order valence-electron chi connectivity index (χ0n) is 9.98. The lowest BCUT2D eigenvalue weighted by Crippen LogP contribution is -2.38. The quantitative estimate of drug-likeness (QED) is 0.831. The molecule has 0 spiro atoms. The van der Waals surface area contributed by atoms with E-state index in [2.05, 4.69) is 41.1 Å². The topological polar surface area (TPSA) is 41.6 Å². The standard InChI is InChI=1S/C13H19N3/c1-10-3-5-12(6-4-10)13-15-7-8-16(13)9-11(2)14/h3-6,11H,7-9,14H2,1-2H3. The number of amidine groups is 1. The highest BCUT2D eigenvalue weighted by molar-refractivity contribution is 5.99. The molecule has 0 saturated heterocycles. The van der Waals surface area contributed by atoms with Gasteiger partial charge in [0.05, 0.1) is 6.54 Å². The predicted octanol–water partition coefficient (Wildman–Crippen LogP) is 1.40. The third kappa shape index (κ3) is 2.42. The summed E-state index contributed by atoms with van der Waals surface area (Å²) < 4.78 is 0. The van der Waals surface area contributed by atoms with Crippen LogP contribution in [0.3, 0.4) is 0 Å².